The number of benzene rings is 1. The van der Waals surface area contributed by atoms with Gasteiger partial charge in [0.05, 0.1) is 0 Å². The number of alkyl halides is 1. The monoisotopic (exact) mass is 183 g/mol. The van der Waals surface area contributed by atoms with Crippen LogP contribution in [0.15, 0.2) is 12.1 Å². The minimum atomic E-state index is -0.525. The molecule has 2 N–H and O–H groups in total. The number of hydrogen-bond acceptors (Lipinski definition) is 3. The molecule has 2 rings (SSSR count). The van der Waals surface area contributed by atoms with Crippen LogP contribution in [0.2, 0.25) is 0 Å². The topological polar surface area (TPSA) is 44.5 Å². The molecule has 0 unspecified atom stereocenters. The molecule has 13 heavy (non-hydrogen) atoms. The molecule has 0 bridgehead atoms. The van der Waals surface area contributed by atoms with Crippen LogP contribution in [0.5, 0.6) is 11.5 Å². The normalized spacial score (nSPS) is 13.4. The Morgan fingerprint density at radius 2 is 1.85 bits per heavy atom. The Kier molecular flexibility index (Phi) is 2.06. The van der Waals surface area contributed by atoms with Crippen molar-refractivity contribution in [3.8, 4) is 11.5 Å². The third-order valence-corrected chi connectivity index (χ3v) is 2.06. The standard InChI is InChI=1S/C9H10FNO2/c10-3-6-1-8-9(13-5-12-8)2-7(6)4-11/h1-2H,3-5,11H2. The molecule has 70 valence electrons. The summed E-state index contributed by atoms with van der Waals surface area (Å²) in [5, 5.41) is 0. The lowest BCUT2D eigenvalue weighted by Gasteiger charge is -2.05. The van der Waals surface area contributed by atoms with Gasteiger partial charge in [0.1, 0.15) is 6.67 Å². The van der Waals surface area contributed by atoms with E-state index >= 15 is 0 Å². The van der Waals surface area contributed by atoms with Gasteiger partial charge in [-0.25, -0.2) is 4.39 Å². The number of hydrogen-bond donors (Lipinski definition) is 1. The number of fused-ring (bicyclic) bond motifs is 1. The molecule has 1 aromatic rings. The van der Waals surface area contributed by atoms with Crippen molar-refractivity contribution in [2.24, 2.45) is 5.73 Å². The first-order valence-electron chi connectivity index (χ1n) is 4.02. The Morgan fingerprint density at radius 3 is 2.38 bits per heavy atom. The molecule has 0 radical (unpaired) electrons. The van der Waals surface area contributed by atoms with Gasteiger partial charge in [0, 0.05) is 6.54 Å². The summed E-state index contributed by atoms with van der Waals surface area (Å²) in [5.74, 6) is 1.25. The van der Waals surface area contributed by atoms with Crippen LogP contribution in [0.25, 0.3) is 0 Å². The predicted octanol–water partition coefficient (Wildman–Crippen LogP) is 1.34. The summed E-state index contributed by atoms with van der Waals surface area (Å²) in [4.78, 5) is 0. The van der Waals surface area contributed by atoms with Crippen molar-refractivity contribution in [2.75, 3.05) is 6.79 Å². The second-order valence-electron chi connectivity index (χ2n) is 2.81. The zero-order valence-electron chi connectivity index (χ0n) is 7.05. The zero-order valence-corrected chi connectivity index (χ0v) is 7.05. The summed E-state index contributed by atoms with van der Waals surface area (Å²) in [7, 11) is 0. The van der Waals surface area contributed by atoms with Crippen LogP contribution in [-0.2, 0) is 13.2 Å². The Bertz CT molecular complexity index is 297. The summed E-state index contributed by atoms with van der Waals surface area (Å²) in [6, 6.07) is 3.38. The van der Waals surface area contributed by atoms with Crippen molar-refractivity contribution < 1.29 is 13.9 Å². The van der Waals surface area contributed by atoms with E-state index in [2.05, 4.69) is 0 Å². The molecule has 1 aliphatic rings. The van der Waals surface area contributed by atoms with Crippen LogP contribution >= 0.6 is 0 Å². The summed E-state index contributed by atoms with van der Waals surface area (Å²) in [5.41, 5.74) is 6.80. The molecule has 0 amide bonds. The van der Waals surface area contributed by atoms with Gasteiger partial charge in [-0.15, -0.1) is 0 Å². The molecule has 0 saturated heterocycles. The third-order valence-electron chi connectivity index (χ3n) is 2.06. The molecular weight excluding hydrogens is 173 g/mol. The Labute approximate surface area is 75.3 Å². The van der Waals surface area contributed by atoms with Crippen molar-refractivity contribution in [1.82, 2.24) is 0 Å². The molecule has 0 aliphatic carbocycles. The molecule has 1 aromatic carbocycles. The number of ether oxygens (including phenoxy) is 2. The molecule has 0 fully saturated rings. The van der Waals surface area contributed by atoms with Crippen LogP contribution in [0, 0.1) is 0 Å². The van der Waals surface area contributed by atoms with Crippen molar-refractivity contribution in [3.05, 3.63) is 23.3 Å². The molecule has 0 atom stereocenters. The van der Waals surface area contributed by atoms with Gasteiger partial charge in [0.25, 0.3) is 0 Å². The fourth-order valence-corrected chi connectivity index (χ4v) is 1.34. The van der Waals surface area contributed by atoms with Gasteiger partial charge in [-0.2, -0.15) is 0 Å². The van der Waals surface area contributed by atoms with E-state index in [1.165, 1.54) is 0 Å². The van der Waals surface area contributed by atoms with E-state index in [4.69, 9.17) is 15.2 Å². The molecule has 1 aliphatic heterocycles. The van der Waals surface area contributed by atoms with E-state index in [1.807, 2.05) is 0 Å². The number of nitrogens with two attached hydrogens (primary N) is 1. The largest absolute Gasteiger partial charge is 0.454 e. The summed E-state index contributed by atoms with van der Waals surface area (Å²) < 4.78 is 22.7. The SMILES string of the molecule is NCc1cc2c(cc1CF)OCO2. The fourth-order valence-electron chi connectivity index (χ4n) is 1.34. The average Bonchev–Trinajstić information content (AvgIpc) is 2.62. The van der Waals surface area contributed by atoms with E-state index in [9.17, 15) is 4.39 Å². The van der Waals surface area contributed by atoms with E-state index in [-0.39, 0.29) is 6.79 Å². The molecule has 0 spiro atoms. The maximum absolute atomic E-state index is 12.5. The van der Waals surface area contributed by atoms with Crippen LogP contribution in [-0.4, -0.2) is 6.79 Å². The second-order valence-corrected chi connectivity index (χ2v) is 2.81. The number of rotatable bonds is 2. The van der Waals surface area contributed by atoms with Crippen molar-refractivity contribution in [2.45, 2.75) is 13.2 Å². The first-order valence-corrected chi connectivity index (χ1v) is 4.02. The lowest BCUT2D eigenvalue weighted by atomic mass is 10.1. The minimum absolute atomic E-state index is 0.203. The Balaban J connectivity index is 2.47. The minimum Gasteiger partial charge on any atom is -0.454 e. The van der Waals surface area contributed by atoms with E-state index in [1.54, 1.807) is 12.1 Å². The first-order chi connectivity index (χ1) is 6.35. The fraction of sp³-hybridized carbons (Fsp3) is 0.333. The van der Waals surface area contributed by atoms with Crippen LogP contribution in [0.4, 0.5) is 4.39 Å². The highest BCUT2D eigenvalue weighted by molar-refractivity contribution is 5.48. The lowest BCUT2D eigenvalue weighted by molar-refractivity contribution is 0.174. The molecule has 0 saturated carbocycles. The lowest BCUT2D eigenvalue weighted by Crippen LogP contribution is -2.00. The van der Waals surface area contributed by atoms with E-state index in [0.717, 1.165) is 5.56 Å². The van der Waals surface area contributed by atoms with Gasteiger partial charge in [-0.05, 0) is 23.3 Å². The molecule has 3 nitrogen and oxygen atoms in total. The Hall–Kier alpha value is -1.29. The highest BCUT2D eigenvalue weighted by Gasteiger charge is 2.16. The van der Waals surface area contributed by atoms with E-state index < -0.39 is 6.67 Å². The van der Waals surface area contributed by atoms with Crippen LogP contribution in [0.3, 0.4) is 0 Å². The van der Waals surface area contributed by atoms with E-state index in [0.29, 0.717) is 23.6 Å². The molecule has 0 aromatic heterocycles. The van der Waals surface area contributed by atoms with Crippen LogP contribution in [0.1, 0.15) is 11.1 Å². The highest BCUT2D eigenvalue weighted by Crippen LogP contribution is 2.34. The highest BCUT2D eigenvalue weighted by atomic mass is 19.1. The summed E-state index contributed by atoms with van der Waals surface area (Å²) in [6.07, 6.45) is 0. The third kappa shape index (κ3) is 1.33. The van der Waals surface area contributed by atoms with Gasteiger partial charge in [0.15, 0.2) is 11.5 Å². The maximum atomic E-state index is 12.5. The van der Waals surface area contributed by atoms with Crippen molar-refractivity contribution >= 4 is 0 Å². The van der Waals surface area contributed by atoms with Gasteiger partial charge < -0.3 is 15.2 Å². The molecule has 1 heterocycles. The Morgan fingerprint density at radius 1 is 1.23 bits per heavy atom. The van der Waals surface area contributed by atoms with Gasteiger partial charge in [0.2, 0.25) is 6.79 Å². The maximum Gasteiger partial charge on any atom is 0.231 e. The summed E-state index contributed by atoms with van der Waals surface area (Å²) >= 11 is 0. The van der Waals surface area contributed by atoms with Gasteiger partial charge >= 0.3 is 0 Å². The first kappa shape index (κ1) is 8.31. The quantitative estimate of drug-likeness (QED) is 0.752. The van der Waals surface area contributed by atoms with Crippen molar-refractivity contribution in [3.63, 3.8) is 0 Å². The number of halogens is 1. The molecular formula is C9H10FNO2. The smallest absolute Gasteiger partial charge is 0.231 e. The summed E-state index contributed by atoms with van der Waals surface area (Å²) in [6.45, 7) is -0.00580. The van der Waals surface area contributed by atoms with Crippen LogP contribution < -0.4 is 15.2 Å². The van der Waals surface area contributed by atoms with Gasteiger partial charge in [-0.3, -0.25) is 0 Å². The van der Waals surface area contributed by atoms with Gasteiger partial charge in [-0.1, -0.05) is 0 Å². The second kappa shape index (κ2) is 3.22. The predicted molar refractivity (Wildman–Crippen MR) is 45.3 cm³/mol. The average molecular weight is 183 g/mol. The van der Waals surface area contributed by atoms with Crippen molar-refractivity contribution in [1.29, 1.82) is 0 Å². The zero-order chi connectivity index (χ0) is 9.26. The molecule has 4 heteroatoms.